The standard InChI is InChI=1S/C18H22FN5O3/c1-12(25)20-10-17(26)21-15-6-7-16-22-24(18(27)23(16)9-8-15)11-13-2-4-14(19)5-3-13/h2-5,15H,6-11H2,1H3,(H,20,25)(H,21,26). The Kier molecular flexibility index (Phi) is 5.68. The lowest BCUT2D eigenvalue weighted by molar-refractivity contribution is -0.125. The summed E-state index contributed by atoms with van der Waals surface area (Å²) in [6.07, 6.45) is 1.84. The van der Waals surface area contributed by atoms with Gasteiger partial charge in [0.25, 0.3) is 0 Å². The van der Waals surface area contributed by atoms with Crippen molar-refractivity contribution in [3.05, 3.63) is 52.0 Å². The summed E-state index contributed by atoms with van der Waals surface area (Å²) in [5, 5.41) is 9.74. The number of aryl methyl sites for hydroxylation is 1. The van der Waals surface area contributed by atoms with E-state index in [9.17, 15) is 18.8 Å². The van der Waals surface area contributed by atoms with E-state index in [1.54, 1.807) is 16.7 Å². The zero-order valence-electron chi connectivity index (χ0n) is 15.1. The Labute approximate surface area is 155 Å². The predicted molar refractivity (Wildman–Crippen MR) is 95.5 cm³/mol. The van der Waals surface area contributed by atoms with Crippen molar-refractivity contribution < 1.29 is 14.0 Å². The summed E-state index contributed by atoms with van der Waals surface area (Å²) in [5.41, 5.74) is 0.592. The van der Waals surface area contributed by atoms with Crippen molar-refractivity contribution in [2.24, 2.45) is 0 Å². The zero-order chi connectivity index (χ0) is 19.4. The highest BCUT2D eigenvalue weighted by Crippen LogP contribution is 2.12. The molecule has 8 nitrogen and oxygen atoms in total. The summed E-state index contributed by atoms with van der Waals surface area (Å²) < 4.78 is 16.0. The van der Waals surface area contributed by atoms with Crippen LogP contribution in [-0.2, 0) is 29.1 Å². The van der Waals surface area contributed by atoms with E-state index < -0.39 is 0 Å². The second kappa shape index (κ2) is 8.15. The molecule has 1 aliphatic heterocycles. The fourth-order valence-corrected chi connectivity index (χ4v) is 3.12. The van der Waals surface area contributed by atoms with Gasteiger partial charge in [-0.25, -0.2) is 13.9 Å². The molecule has 0 saturated heterocycles. The molecule has 3 rings (SSSR count). The van der Waals surface area contributed by atoms with Crippen molar-refractivity contribution in [1.82, 2.24) is 25.0 Å². The number of rotatable bonds is 5. The molecule has 144 valence electrons. The molecule has 2 amide bonds. The van der Waals surface area contributed by atoms with Gasteiger partial charge in [0.15, 0.2) is 0 Å². The molecule has 1 aliphatic rings. The lowest BCUT2D eigenvalue weighted by Crippen LogP contribution is -2.41. The van der Waals surface area contributed by atoms with Crippen LogP contribution in [-0.4, -0.2) is 38.7 Å². The Hall–Kier alpha value is -2.97. The summed E-state index contributed by atoms with van der Waals surface area (Å²) in [5.74, 6) is -0.143. The minimum atomic E-state index is -0.321. The van der Waals surface area contributed by atoms with Crippen LogP contribution < -0.4 is 16.3 Å². The Morgan fingerprint density at radius 1 is 1.26 bits per heavy atom. The van der Waals surface area contributed by atoms with Gasteiger partial charge in [0, 0.05) is 25.9 Å². The van der Waals surface area contributed by atoms with Gasteiger partial charge in [-0.2, -0.15) is 5.10 Å². The summed E-state index contributed by atoms with van der Waals surface area (Å²) in [7, 11) is 0. The fraction of sp³-hybridized carbons (Fsp3) is 0.444. The van der Waals surface area contributed by atoms with Crippen molar-refractivity contribution in [2.75, 3.05) is 6.54 Å². The maximum Gasteiger partial charge on any atom is 0.346 e. The van der Waals surface area contributed by atoms with Gasteiger partial charge in [0.05, 0.1) is 13.1 Å². The van der Waals surface area contributed by atoms with Gasteiger partial charge < -0.3 is 10.6 Å². The first-order chi connectivity index (χ1) is 12.9. The molecule has 2 N–H and O–H groups in total. The van der Waals surface area contributed by atoms with Gasteiger partial charge in [-0.05, 0) is 30.5 Å². The highest BCUT2D eigenvalue weighted by molar-refractivity contribution is 5.83. The van der Waals surface area contributed by atoms with Gasteiger partial charge >= 0.3 is 5.69 Å². The molecule has 1 unspecified atom stereocenters. The van der Waals surface area contributed by atoms with Crippen LogP contribution in [0.2, 0.25) is 0 Å². The molecule has 0 radical (unpaired) electrons. The largest absolute Gasteiger partial charge is 0.352 e. The number of nitrogens with zero attached hydrogens (tertiary/aromatic N) is 3. The van der Waals surface area contributed by atoms with Crippen LogP contribution in [0.4, 0.5) is 4.39 Å². The first-order valence-corrected chi connectivity index (χ1v) is 8.87. The summed E-state index contributed by atoms with van der Waals surface area (Å²) >= 11 is 0. The number of hydrogen-bond acceptors (Lipinski definition) is 4. The van der Waals surface area contributed by atoms with Gasteiger partial charge in [-0.1, -0.05) is 12.1 Å². The van der Waals surface area contributed by atoms with Crippen LogP contribution in [0, 0.1) is 5.82 Å². The highest BCUT2D eigenvalue weighted by Gasteiger charge is 2.22. The molecule has 0 aliphatic carbocycles. The first kappa shape index (κ1) is 18.8. The van der Waals surface area contributed by atoms with Gasteiger partial charge in [0.2, 0.25) is 11.8 Å². The SMILES string of the molecule is CC(=O)NCC(=O)NC1CCc2nn(Cc3ccc(F)cc3)c(=O)n2CC1. The third-order valence-corrected chi connectivity index (χ3v) is 4.53. The number of carbonyl (C=O) groups excluding carboxylic acids is 2. The third kappa shape index (κ3) is 4.81. The van der Waals surface area contributed by atoms with Crippen LogP contribution in [0.1, 0.15) is 31.2 Å². The number of benzene rings is 1. The summed E-state index contributed by atoms with van der Waals surface area (Å²) in [6, 6.07) is 5.91. The minimum Gasteiger partial charge on any atom is -0.352 e. The number of fused-ring (bicyclic) bond motifs is 1. The molecule has 0 fully saturated rings. The van der Waals surface area contributed by atoms with E-state index >= 15 is 0 Å². The normalized spacial score (nSPS) is 16.3. The molecule has 27 heavy (non-hydrogen) atoms. The minimum absolute atomic E-state index is 0.0547. The van der Waals surface area contributed by atoms with Gasteiger partial charge in [0.1, 0.15) is 11.6 Å². The van der Waals surface area contributed by atoms with Crippen LogP contribution in [0.15, 0.2) is 29.1 Å². The number of hydrogen-bond donors (Lipinski definition) is 2. The molecule has 1 atom stereocenters. The molecule has 2 heterocycles. The van der Waals surface area contributed by atoms with E-state index in [2.05, 4.69) is 15.7 Å². The number of carbonyl (C=O) groups is 2. The molecule has 0 spiro atoms. The molecule has 9 heteroatoms. The summed E-state index contributed by atoms with van der Waals surface area (Å²) in [4.78, 5) is 35.3. The lowest BCUT2D eigenvalue weighted by atomic mass is 10.1. The van der Waals surface area contributed by atoms with E-state index in [0.29, 0.717) is 31.6 Å². The maximum absolute atomic E-state index is 13.0. The lowest BCUT2D eigenvalue weighted by Gasteiger charge is -2.16. The average Bonchev–Trinajstić information content (AvgIpc) is 2.79. The monoisotopic (exact) mass is 375 g/mol. The Morgan fingerprint density at radius 3 is 2.70 bits per heavy atom. The van der Waals surface area contributed by atoms with Crippen LogP contribution >= 0.6 is 0 Å². The van der Waals surface area contributed by atoms with Crippen molar-refractivity contribution in [2.45, 2.75) is 45.3 Å². The average molecular weight is 375 g/mol. The Bertz CT molecular complexity index is 887. The quantitative estimate of drug-likeness (QED) is 0.779. The van der Waals surface area contributed by atoms with Crippen molar-refractivity contribution >= 4 is 11.8 Å². The molecule has 0 saturated carbocycles. The van der Waals surface area contributed by atoms with Crippen LogP contribution in [0.5, 0.6) is 0 Å². The maximum atomic E-state index is 13.0. The molecule has 0 bridgehead atoms. The summed E-state index contributed by atoms with van der Waals surface area (Å²) in [6.45, 7) is 2.05. The smallest absolute Gasteiger partial charge is 0.346 e. The van der Waals surface area contributed by atoms with Crippen LogP contribution in [0.25, 0.3) is 0 Å². The van der Waals surface area contributed by atoms with Gasteiger partial charge in [-0.15, -0.1) is 0 Å². The van der Waals surface area contributed by atoms with Gasteiger partial charge in [-0.3, -0.25) is 14.2 Å². The van der Waals surface area contributed by atoms with Crippen molar-refractivity contribution in [3.63, 3.8) is 0 Å². The molecule has 1 aromatic carbocycles. The molecular formula is C18H22FN5O3. The molecule has 1 aromatic heterocycles. The number of amides is 2. The van der Waals surface area contributed by atoms with Crippen LogP contribution in [0.3, 0.4) is 0 Å². The van der Waals surface area contributed by atoms with E-state index in [0.717, 1.165) is 5.56 Å². The second-order valence-electron chi connectivity index (χ2n) is 6.64. The number of nitrogens with one attached hydrogen (secondary N) is 2. The van der Waals surface area contributed by atoms with E-state index in [1.807, 2.05) is 0 Å². The Morgan fingerprint density at radius 2 is 2.00 bits per heavy atom. The highest BCUT2D eigenvalue weighted by atomic mass is 19.1. The zero-order valence-corrected chi connectivity index (χ0v) is 15.1. The second-order valence-corrected chi connectivity index (χ2v) is 6.64. The topological polar surface area (TPSA) is 98.0 Å². The Balaban J connectivity index is 1.62. The predicted octanol–water partition coefficient (Wildman–Crippen LogP) is 0.189. The number of halogens is 1. The van der Waals surface area contributed by atoms with E-state index in [1.165, 1.54) is 23.7 Å². The number of aromatic nitrogens is 3. The van der Waals surface area contributed by atoms with E-state index in [4.69, 9.17) is 0 Å². The first-order valence-electron chi connectivity index (χ1n) is 8.87. The van der Waals surface area contributed by atoms with Crippen molar-refractivity contribution in [1.29, 1.82) is 0 Å². The van der Waals surface area contributed by atoms with E-state index in [-0.39, 0.29) is 42.5 Å². The van der Waals surface area contributed by atoms with Crippen molar-refractivity contribution in [3.8, 4) is 0 Å². The fourth-order valence-electron chi connectivity index (χ4n) is 3.12. The third-order valence-electron chi connectivity index (χ3n) is 4.53. The molecular weight excluding hydrogens is 353 g/mol. The molecule has 2 aromatic rings.